The van der Waals surface area contributed by atoms with Crippen molar-refractivity contribution in [3.63, 3.8) is 0 Å². The predicted molar refractivity (Wildman–Crippen MR) is 173 cm³/mol. The van der Waals surface area contributed by atoms with Gasteiger partial charge in [0.1, 0.15) is 5.82 Å². The number of aliphatic imine (C=N–C) groups is 2. The molecule has 216 valence electrons. The highest BCUT2D eigenvalue weighted by atomic mass is 19.1. The lowest BCUT2D eigenvalue weighted by atomic mass is 9.95. The van der Waals surface area contributed by atoms with E-state index in [0.29, 0.717) is 35.9 Å². The summed E-state index contributed by atoms with van der Waals surface area (Å²) in [5, 5.41) is 6.34. The second kappa shape index (κ2) is 14.2. The Morgan fingerprint density at radius 3 is 2.07 bits per heavy atom. The number of benzene rings is 3. The smallest absolute Gasteiger partial charge is 0.257 e. The number of guanidine groups is 1. The van der Waals surface area contributed by atoms with Gasteiger partial charge in [0.25, 0.3) is 5.91 Å². The first-order valence-electron chi connectivity index (χ1n) is 14.2. The molecule has 0 saturated heterocycles. The van der Waals surface area contributed by atoms with Crippen molar-refractivity contribution in [3.8, 4) is 11.3 Å². The summed E-state index contributed by atoms with van der Waals surface area (Å²) in [5.74, 6) is -0.0538. The number of para-hydroxylation sites is 2. The number of nitrogens with zero attached hydrogens (tertiary/aromatic N) is 3. The van der Waals surface area contributed by atoms with Crippen LogP contribution in [-0.4, -0.2) is 29.2 Å². The zero-order chi connectivity index (χ0) is 30.1. The van der Waals surface area contributed by atoms with Gasteiger partial charge in [-0.25, -0.2) is 9.38 Å². The lowest BCUT2D eigenvalue weighted by Gasteiger charge is -2.16. The molecule has 0 saturated carbocycles. The van der Waals surface area contributed by atoms with Gasteiger partial charge in [0.2, 0.25) is 5.96 Å². The number of hydrogen-bond donors (Lipinski definition) is 2. The number of carbonyl (C=O) groups excluding carboxylic acids is 1. The molecule has 7 heteroatoms. The Labute approximate surface area is 247 Å². The van der Waals surface area contributed by atoms with E-state index < -0.39 is 0 Å². The lowest BCUT2D eigenvalue weighted by Crippen LogP contribution is -2.18. The standard InChI is InChI=1S/C35H38FN5O/c1-6-22-41-32(24(3)4)31(34(42)38-28-14-10-8-11-15-28)30(33(41)25-18-20-26(36)21-19-25)23-27(7-2)39-35(37-5)40-29-16-12-9-13-17-29/h7-21,24H,2,6,22-23H2,1,3-5H3,(H,37,40)(H,38,42)/b39-27+. The number of anilines is 2. The van der Waals surface area contributed by atoms with E-state index in [9.17, 15) is 9.18 Å². The Hall–Kier alpha value is -4.78. The van der Waals surface area contributed by atoms with Crippen LogP contribution in [0.5, 0.6) is 0 Å². The van der Waals surface area contributed by atoms with E-state index in [1.165, 1.54) is 12.1 Å². The van der Waals surface area contributed by atoms with E-state index in [-0.39, 0.29) is 17.6 Å². The number of aromatic nitrogens is 1. The Balaban J connectivity index is 1.91. The summed E-state index contributed by atoms with van der Waals surface area (Å²) in [6.07, 6.45) is 2.87. The van der Waals surface area contributed by atoms with Gasteiger partial charge in [-0.15, -0.1) is 0 Å². The molecule has 4 aromatic rings. The first kappa shape index (κ1) is 30.2. The number of hydrogen-bond acceptors (Lipinski definition) is 2. The minimum Gasteiger partial charge on any atom is -0.343 e. The van der Waals surface area contributed by atoms with Gasteiger partial charge in [-0.1, -0.05) is 63.7 Å². The first-order valence-corrected chi connectivity index (χ1v) is 14.2. The zero-order valence-corrected chi connectivity index (χ0v) is 24.7. The van der Waals surface area contributed by atoms with Crippen molar-refractivity contribution in [2.45, 2.75) is 46.1 Å². The lowest BCUT2D eigenvalue weighted by molar-refractivity contribution is 0.102. The van der Waals surface area contributed by atoms with Crippen LogP contribution >= 0.6 is 0 Å². The molecule has 4 rings (SSSR count). The Kier molecular flexibility index (Phi) is 10.2. The fourth-order valence-corrected chi connectivity index (χ4v) is 5.08. The molecule has 3 aromatic carbocycles. The average Bonchev–Trinajstić information content (AvgIpc) is 3.31. The summed E-state index contributed by atoms with van der Waals surface area (Å²) in [6.45, 7) is 11.0. The van der Waals surface area contributed by atoms with Crippen LogP contribution in [0, 0.1) is 5.82 Å². The summed E-state index contributed by atoms with van der Waals surface area (Å²) in [6, 6.07) is 25.6. The van der Waals surface area contributed by atoms with E-state index >= 15 is 0 Å². The van der Waals surface area contributed by atoms with Crippen molar-refractivity contribution in [3.05, 3.63) is 120 Å². The normalized spacial score (nSPS) is 12.0. The van der Waals surface area contributed by atoms with Crippen LogP contribution in [0.4, 0.5) is 15.8 Å². The number of halogens is 1. The van der Waals surface area contributed by atoms with Crippen LogP contribution in [0.1, 0.15) is 54.7 Å². The third kappa shape index (κ3) is 7.10. The van der Waals surface area contributed by atoms with Crippen molar-refractivity contribution in [1.29, 1.82) is 0 Å². The maximum absolute atomic E-state index is 14.1. The van der Waals surface area contributed by atoms with E-state index in [4.69, 9.17) is 4.99 Å². The number of carbonyl (C=O) groups is 1. The highest BCUT2D eigenvalue weighted by Gasteiger charge is 2.30. The minimum absolute atomic E-state index is 0.0395. The van der Waals surface area contributed by atoms with Gasteiger partial charge in [0, 0.05) is 42.8 Å². The van der Waals surface area contributed by atoms with Gasteiger partial charge >= 0.3 is 0 Å². The van der Waals surface area contributed by atoms with E-state index in [0.717, 1.165) is 34.6 Å². The Morgan fingerprint density at radius 1 is 0.952 bits per heavy atom. The SMILES string of the molecule is C=C/C(Cc1c(C(=O)Nc2ccccc2)c(C(C)C)n(CCC)c1-c1ccc(F)cc1)=N\C(=NC)Nc1ccccc1. The second-order valence-electron chi connectivity index (χ2n) is 10.2. The molecule has 1 heterocycles. The molecule has 0 fully saturated rings. The molecular formula is C35H38FN5O. The largest absolute Gasteiger partial charge is 0.343 e. The highest BCUT2D eigenvalue weighted by Crippen LogP contribution is 2.37. The topological polar surface area (TPSA) is 70.8 Å². The molecule has 2 N–H and O–H groups in total. The van der Waals surface area contributed by atoms with E-state index in [2.05, 4.69) is 47.5 Å². The molecule has 6 nitrogen and oxygen atoms in total. The molecule has 1 aromatic heterocycles. The molecular weight excluding hydrogens is 525 g/mol. The van der Waals surface area contributed by atoms with Crippen molar-refractivity contribution in [1.82, 2.24) is 4.57 Å². The van der Waals surface area contributed by atoms with Gasteiger partial charge in [0.15, 0.2) is 0 Å². The summed E-state index contributed by atoms with van der Waals surface area (Å²) < 4.78 is 16.3. The Bertz CT molecular complexity index is 1570. The fourth-order valence-electron chi connectivity index (χ4n) is 5.08. The molecule has 0 spiro atoms. The van der Waals surface area contributed by atoms with Crippen LogP contribution in [-0.2, 0) is 13.0 Å². The van der Waals surface area contributed by atoms with Gasteiger partial charge in [-0.3, -0.25) is 9.79 Å². The summed E-state index contributed by atoms with van der Waals surface area (Å²) >= 11 is 0. The predicted octanol–water partition coefficient (Wildman–Crippen LogP) is 8.35. The van der Waals surface area contributed by atoms with Gasteiger partial charge in [-0.2, -0.15) is 0 Å². The number of amides is 1. The van der Waals surface area contributed by atoms with Gasteiger partial charge < -0.3 is 15.2 Å². The van der Waals surface area contributed by atoms with Crippen molar-refractivity contribution < 1.29 is 9.18 Å². The van der Waals surface area contributed by atoms with E-state index in [1.54, 1.807) is 25.3 Å². The van der Waals surface area contributed by atoms with E-state index in [1.807, 2.05) is 60.7 Å². The third-order valence-corrected chi connectivity index (χ3v) is 6.86. The quantitative estimate of drug-likeness (QED) is 0.150. The van der Waals surface area contributed by atoms with Crippen LogP contribution in [0.3, 0.4) is 0 Å². The molecule has 42 heavy (non-hydrogen) atoms. The zero-order valence-electron chi connectivity index (χ0n) is 24.7. The van der Waals surface area contributed by atoms with Crippen LogP contribution in [0.15, 0.2) is 108 Å². The Morgan fingerprint density at radius 2 is 1.55 bits per heavy atom. The average molecular weight is 564 g/mol. The van der Waals surface area contributed by atoms with Crippen LogP contribution < -0.4 is 10.6 Å². The molecule has 0 aliphatic carbocycles. The summed E-state index contributed by atoms with van der Waals surface area (Å²) in [4.78, 5) is 23.3. The highest BCUT2D eigenvalue weighted by molar-refractivity contribution is 6.12. The van der Waals surface area contributed by atoms with Crippen molar-refractivity contribution in [2.75, 3.05) is 17.7 Å². The molecule has 0 atom stereocenters. The molecule has 0 aliphatic rings. The first-order chi connectivity index (χ1) is 20.4. The maximum Gasteiger partial charge on any atom is 0.257 e. The summed E-state index contributed by atoms with van der Waals surface area (Å²) in [7, 11) is 1.67. The number of nitrogens with one attached hydrogen (secondary N) is 2. The van der Waals surface area contributed by atoms with Crippen LogP contribution in [0.25, 0.3) is 11.3 Å². The van der Waals surface area contributed by atoms with Crippen molar-refractivity contribution in [2.24, 2.45) is 9.98 Å². The fraction of sp³-hybridized carbons (Fsp3) is 0.229. The monoisotopic (exact) mass is 563 g/mol. The van der Waals surface area contributed by atoms with Crippen molar-refractivity contribution >= 4 is 29.0 Å². The molecule has 0 radical (unpaired) electrons. The number of rotatable bonds is 10. The molecule has 1 amide bonds. The second-order valence-corrected chi connectivity index (χ2v) is 10.2. The van der Waals surface area contributed by atoms with Gasteiger partial charge in [0.05, 0.1) is 11.3 Å². The molecule has 0 aliphatic heterocycles. The summed E-state index contributed by atoms with van der Waals surface area (Å²) in [5.41, 5.74) is 6.24. The maximum atomic E-state index is 14.1. The van der Waals surface area contributed by atoms with Crippen LogP contribution in [0.2, 0.25) is 0 Å². The van der Waals surface area contributed by atoms with Gasteiger partial charge in [-0.05, 0) is 78.1 Å². The minimum atomic E-state index is -0.316. The molecule has 0 bridgehead atoms. The number of allylic oxidation sites excluding steroid dienone is 1. The molecule has 0 unspecified atom stereocenters. The third-order valence-electron chi connectivity index (χ3n) is 6.86.